The van der Waals surface area contributed by atoms with Crippen molar-refractivity contribution in [1.82, 2.24) is 15.1 Å². The molecule has 1 aromatic rings. The standard InChI is InChI=1S/C8H13F2N3/c1-3-11-7(8(9)10)6-4-12-13(2)5-6/h4-5,7-8,11H,3H2,1-2H3. The number of hydrogen-bond acceptors (Lipinski definition) is 2. The van der Waals surface area contributed by atoms with Gasteiger partial charge in [0.05, 0.1) is 12.2 Å². The Hall–Kier alpha value is -0.970. The molecule has 0 fully saturated rings. The van der Waals surface area contributed by atoms with Gasteiger partial charge in [0.15, 0.2) is 0 Å². The number of halogens is 2. The summed E-state index contributed by atoms with van der Waals surface area (Å²) in [6.07, 6.45) is 0.656. The van der Waals surface area contributed by atoms with E-state index in [9.17, 15) is 8.78 Å². The Morgan fingerprint density at radius 2 is 2.31 bits per heavy atom. The van der Waals surface area contributed by atoms with Crippen molar-refractivity contribution in [2.75, 3.05) is 6.54 Å². The number of nitrogens with one attached hydrogen (secondary N) is 1. The SMILES string of the molecule is CCNC(c1cnn(C)c1)C(F)F. The topological polar surface area (TPSA) is 29.9 Å². The number of rotatable bonds is 4. The van der Waals surface area contributed by atoms with Gasteiger partial charge in [-0.15, -0.1) is 0 Å². The van der Waals surface area contributed by atoms with Crippen molar-refractivity contribution in [3.8, 4) is 0 Å². The molecule has 0 saturated carbocycles. The largest absolute Gasteiger partial charge is 0.305 e. The predicted molar refractivity (Wildman–Crippen MR) is 45.6 cm³/mol. The molecule has 13 heavy (non-hydrogen) atoms. The fourth-order valence-corrected chi connectivity index (χ4v) is 1.17. The Bertz CT molecular complexity index is 260. The zero-order chi connectivity index (χ0) is 9.84. The highest BCUT2D eigenvalue weighted by Gasteiger charge is 2.22. The van der Waals surface area contributed by atoms with Gasteiger partial charge in [0.25, 0.3) is 6.43 Å². The predicted octanol–water partition coefficient (Wildman–Crippen LogP) is 1.34. The van der Waals surface area contributed by atoms with Crippen LogP contribution in [0.25, 0.3) is 0 Å². The van der Waals surface area contributed by atoms with E-state index in [-0.39, 0.29) is 0 Å². The lowest BCUT2D eigenvalue weighted by Gasteiger charge is -2.14. The Morgan fingerprint density at radius 1 is 1.62 bits per heavy atom. The summed E-state index contributed by atoms with van der Waals surface area (Å²) in [5.74, 6) is 0. The van der Waals surface area contributed by atoms with E-state index in [2.05, 4.69) is 10.4 Å². The number of hydrogen-bond donors (Lipinski definition) is 1. The molecule has 0 saturated heterocycles. The Labute approximate surface area is 75.7 Å². The van der Waals surface area contributed by atoms with Crippen LogP contribution in [0.5, 0.6) is 0 Å². The lowest BCUT2D eigenvalue weighted by Crippen LogP contribution is -2.26. The first kappa shape index (κ1) is 10.1. The summed E-state index contributed by atoms with van der Waals surface area (Å²) >= 11 is 0. The van der Waals surface area contributed by atoms with Gasteiger partial charge in [0.2, 0.25) is 0 Å². The zero-order valence-electron chi connectivity index (χ0n) is 7.67. The normalized spacial score (nSPS) is 13.6. The second-order valence-corrected chi connectivity index (χ2v) is 2.82. The first-order chi connectivity index (χ1) is 6.15. The second kappa shape index (κ2) is 4.32. The summed E-state index contributed by atoms with van der Waals surface area (Å²) in [6, 6.07) is -0.904. The van der Waals surface area contributed by atoms with Crippen molar-refractivity contribution in [2.45, 2.75) is 19.4 Å². The van der Waals surface area contributed by atoms with Crippen LogP contribution in [0.4, 0.5) is 8.78 Å². The van der Waals surface area contributed by atoms with E-state index in [4.69, 9.17) is 0 Å². The molecule has 0 aliphatic rings. The molecule has 1 unspecified atom stereocenters. The summed E-state index contributed by atoms with van der Waals surface area (Å²) < 4.78 is 26.5. The van der Waals surface area contributed by atoms with Gasteiger partial charge in [-0.25, -0.2) is 8.78 Å². The van der Waals surface area contributed by atoms with Crippen LogP contribution >= 0.6 is 0 Å². The molecule has 3 nitrogen and oxygen atoms in total. The molecule has 0 radical (unpaired) electrons. The van der Waals surface area contributed by atoms with Crippen LogP contribution in [0, 0.1) is 0 Å². The van der Waals surface area contributed by atoms with Gasteiger partial charge in [0.1, 0.15) is 0 Å². The number of aromatic nitrogens is 2. The summed E-state index contributed by atoms with van der Waals surface area (Å²) in [7, 11) is 1.71. The van der Waals surface area contributed by atoms with Gasteiger partial charge >= 0.3 is 0 Å². The summed E-state index contributed by atoms with van der Waals surface area (Å²) in [5, 5.41) is 6.55. The van der Waals surface area contributed by atoms with E-state index in [1.807, 2.05) is 0 Å². The molecular weight excluding hydrogens is 176 g/mol. The minimum Gasteiger partial charge on any atom is -0.305 e. The molecule has 1 aromatic heterocycles. The van der Waals surface area contributed by atoms with Gasteiger partial charge in [-0.1, -0.05) is 6.92 Å². The fourth-order valence-electron chi connectivity index (χ4n) is 1.17. The van der Waals surface area contributed by atoms with Crippen molar-refractivity contribution < 1.29 is 8.78 Å². The quantitative estimate of drug-likeness (QED) is 0.774. The van der Waals surface area contributed by atoms with Crippen LogP contribution in [0.15, 0.2) is 12.4 Å². The van der Waals surface area contributed by atoms with E-state index in [1.54, 1.807) is 20.2 Å². The van der Waals surface area contributed by atoms with E-state index < -0.39 is 12.5 Å². The molecule has 74 valence electrons. The molecule has 1 N–H and O–H groups in total. The number of alkyl halides is 2. The summed E-state index contributed by atoms with van der Waals surface area (Å²) in [5.41, 5.74) is 0.527. The smallest absolute Gasteiger partial charge is 0.257 e. The average Bonchev–Trinajstić information content (AvgIpc) is 2.46. The van der Waals surface area contributed by atoms with Crippen molar-refractivity contribution in [2.24, 2.45) is 7.05 Å². The van der Waals surface area contributed by atoms with Crippen molar-refractivity contribution >= 4 is 0 Å². The maximum absolute atomic E-state index is 12.5. The van der Waals surface area contributed by atoms with Crippen LogP contribution in [-0.2, 0) is 7.05 Å². The minimum atomic E-state index is -2.40. The van der Waals surface area contributed by atoms with Crippen LogP contribution in [0.2, 0.25) is 0 Å². The Balaban J connectivity index is 2.75. The summed E-state index contributed by atoms with van der Waals surface area (Å²) in [4.78, 5) is 0. The molecule has 5 heteroatoms. The molecule has 0 aliphatic heterocycles. The van der Waals surface area contributed by atoms with Crippen LogP contribution in [0.1, 0.15) is 18.5 Å². The highest BCUT2D eigenvalue weighted by molar-refractivity contribution is 5.11. The van der Waals surface area contributed by atoms with E-state index in [0.717, 1.165) is 0 Å². The first-order valence-electron chi connectivity index (χ1n) is 4.15. The van der Waals surface area contributed by atoms with Gasteiger partial charge in [0, 0.05) is 18.8 Å². The third kappa shape index (κ3) is 2.48. The monoisotopic (exact) mass is 189 g/mol. The highest BCUT2D eigenvalue weighted by Crippen LogP contribution is 2.19. The van der Waals surface area contributed by atoms with Crippen LogP contribution in [0.3, 0.4) is 0 Å². The maximum atomic E-state index is 12.5. The highest BCUT2D eigenvalue weighted by atomic mass is 19.3. The lowest BCUT2D eigenvalue weighted by molar-refractivity contribution is 0.0992. The molecule has 1 rings (SSSR count). The maximum Gasteiger partial charge on any atom is 0.257 e. The van der Waals surface area contributed by atoms with E-state index in [1.165, 1.54) is 10.9 Å². The number of aryl methyl sites for hydroxylation is 1. The molecule has 0 aliphatic carbocycles. The fraction of sp³-hybridized carbons (Fsp3) is 0.625. The van der Waals surface area contributed by atoms with Crippen molar-refractivity contribution in [3.63, 3.8) is 0 Å². The Kier molecular flexibility index (Phi) is 3.36. The molecule has 0 spiro atoms. The second-order valence-electron chi connectivity index (χ2n) is 2.82. The molecular formula is C8H13F2N3. The van der Waals surface area contributed by atoms with Gasteiger partial charge in [-0.3, -0.25) is 4.68 Å². The van der Waals surface area contributed by atoms with Crippen molar-refractivity contribution in [1.29, 1.82) is 0 Å². The third-order valence-electron chi connectivity index (χ3n) is 1.76. The molecule has 0 bridgehead atoms. The zero-order valence-corrected chi connectivity index (χ0v) is 7.67. The Morgan fingerprint density at radius 3 is 2.69 bits per heavy atom. The van der Waals surface area contributed by atoms with Gasteiger partial charge in [-0.2, -0.15) is 5.10 Å². The van der Waals surface area contributed by atoms with Gasteiger partial charge in [-0.05, 0) is 6.54 Å². The van der Waals surface area contributed by atoms with Crippen LogP contribution < -0.4 is 5.32 Å². The third-order valence-corrected chi connectivity index (χ3v) is 1.76. The van der Waals surface area contributed by atoms with Crippen LogP contribution in [-0.4, -0.2) is 22.8 Å². The molecule has 1 heterocycles. The molecule has 1 atom stereocenters. The minimum absolute atomic E-state index is 0.518. The lowest BCUT2D eigenvalue weighted by atomic mass is 10.2. The first-order valence-corrected chi connectivity index (χ1v) is 4.15. The van der Waals surface area contributed by atoms with E-state index >= 15 is 0 Å². The molecule has 0 aromatic carbocycles. The van der Waals surface area contributed by atoms with Gasteiger partial charge < -0.3 is 5.32 Å². The van der Waals surface area contributed by atoms with Crippen molar-refractivity contribution in [3.05, 3.63) is 18.0 Å². The summed E-state index contributed by atoms with van der Waals surface area (Å²) in [6.45, 7) is 2.32. The average molecular weight is 189 g/mol. The molecule has 0 amide bonds. The van der Waals surface area contributed by atoms with E-state index in [0.29, 0.717) is 12.1 Å². The number of nitrogens with zero attached hydrogens (tertiary/aromatic N) is 2.